The molecule has 0 spiro atoms. The molecule has 132 valence electrons. The minimum Gasteiger partial charge on any atom is -0.481 e. The van der Waals surface area contributed by atoms with Crippen LogP contribution < -0.4 is 10.6 Å². The number of carboxylic acid groups (broad SMARTS) is 2. The van der Waals surface area contributed by atoms with Crippen molar-refractivity contribution < 1.29 is 29.3 Å². The maximum Gasteiger partial charge on any atom is 0.409 e. The molecular weight excluding hydrogens is 316 g/mol. The van der Waals surface area contributed by atoms with Gasteiger partial charge in [0.25, 0.3) is 0 Å². The third-order valence-corrected chi connectivity index (χ3v) is 2.92. The van der Waals surface area contributed by atoms with Crippen molar-refractivity contribution in [1.29, 1.82) is 0 Å². The summed E-state index contributed by atoms with van der Waals surface area (Å²) in [5.41, 5.74) is -2.42. The summed E-state index contributed by atoms with van der Waals surface area (Å²) >= 11 is 0. The van der Waals surface area contributed by atoms with E-state index in [-0.39, 0.29) is 6.42 Å². The Morgan fingerprint density at radius 1 is 1.08 bits per heavy atom. The van der Waals surface area contributed by atoms with Crippen LogP contribution in [0, 0.1) is 0 Å². The van der Waals surface area contributed by atoms with E-state index in [1.54, 1.807) is 51.1 Å². The number of aliphatic carboxylic acids is 2. The van der Waals surface area contributed by atoms with Crippen LogP contribution >= 0.6 is 0 Å². The van der Waals surface area contributed by atoms with Crippen molar-refractivity contribution in [1.82, 2.24) is 5.32 Å². The minimum absolute atomic E-state index is 0.369. The second kappa shape index (κ2) is 7.67. The predicted octanol–water partition coefficient (Wildman–Crippen LogP) is 2.27. The molecule has 24 heavy (non-hydrogen) atoms. The lowest BCUT2D eigenvalue weighted by atomic mass is 10.0. The van der Waals surface area contributed by atoms with Gasteiger partial charge in [-0.2, -0.15) is 0 Å². The van der Waals surface area contributed by atoms with Gasteiger partial charge in [-0.25, -0.2) is 9.59 Å². The number of rotatable bonds is 7. The fourth-order valence-electron chi connectivity index (χ4n) is 1.91. The van der Waals surface area contributed by atoms with Crippen LogP contribution in [0.2, 0.25) is 0 Å². The van der Waals surface area contributed by atoms with Crippen LogP contribution in [0.5, 0.6) is 0 Å². The lowest BCUT2D eigenvalue weighted by molar-refractivity contribution is -0.144. The van der Waals surface area contributed by atoms with Crippen LogP contribution in [0.1, 0.15) is 33.6 Å². The Morgan fingerprint density at radius 2 is 1.67 bits per heavy atom. The summed E-state index contributed by atoms with van der Waals surface area (Å²) in [6.45, 7) is 4.91. The number of carboxylic acids is 2. The van der Waals surface area contributed by atoms with Crippen molar-refractivity contribution in [3.63, 3.8) is 0 Å². The van der Waals surface area contributed by atoms with E-state index in [0.29, 0.717) is 5.69 Å². The quantitative estimate of drug-likeness (QED) is 0.562. The van der Waals surface area contributed by atoms with Gasteiger partial charge in [0.2, 0.25) is 5.66 Å². The Hall–Kier alpha value is -2.77. The highest BCUT2D eigenvalue weighted by Crippen LogP contribution is 2.20. The lowest BCUT2D eigenvalue weighted by Gasteiger charge is -2.33. The highest BCUT2D eigenvalue weighted by atomic mass is 16.6. The Kier molecular flexibility index (Phi) is 6.16. The van der Waals surface area contributed by atoms with E-state index >= 15 is 0 Å². The van der Waals surface area contributed by atoms with Crippen LogP contribution in [0.25, 0.3) is 0 Å². The molecule has 8 nitrogen and oxygen atoms in total. The van der Waals surface area contributed by atoms with E-state index in [4.69, 9.17) is 9.84 Å². The van der Waals surface area contributed by atoms with Gasteiger partial charge >= 0.3 is 18.0 Å². The van der Waals surface area contributed by atoms with Crippen molar-refractivity contribution in [2.45, 2.75) is 44.9 Å². The summed E-state index contributed by atoms with van der Waals surface area (Å²) in [5, 5.41) is 23.4. The standard InChI is InChI=1S/C16H22N2O6/c1-15(2,3)24-14(23)18-16(13(21)22,10-9-12(19)20)17-11-7-5-4-6-8-11/h4-8,17H,9-10H2,1-3H3,(H,18,23)(H,19,20)(H,21,22)/t16-/m0/s1. The summed E-state index contributed by atoms with van der Waals surface area (Å²) < 4.78 is 5.09. The molecule has 4 N–H and O–H groups in total. The number of carbonyl (C=O) groups is 3. The number of ether oxygens (including phenoxy) is 1. The van der Waals surface area contributed by atoms with Crippen LogP contribution in [-0.4, -0.2) is 39.5 Å². The molecule has 1 rings (SSSR count). The van der Waals surface area contributed by atoms with E-state index in [2.05, 4.69) is 10.6 Å². The molecule has 0 aliphatic carbocycles. The molecule has 0 saturated carbocycles. The first-order valence-corrected chi connectivity index (χ1v) is 7.34. The molecule has 1 aromatic rings. The number of carbonyl (C=O) groups excluding carboxylic acids is 1. The van der Waals surface area contributed by atoms with Crippen molar-refractivity contribution in [3.05, 3.63) is 30.3 Å². The molecule has 1 atom stereocenters. The Bertz CT molecular complexity index is 596. The monoisotopic (exact) mass is 338 g/mol. The zero-order valence-corrected chi connectivity index (χ0v) is 13.8. The molecule has 0 unspecified atom stereocenters. The van der Waals surface area contributed by atoms with Gasteiger partial charge in [-0.05, 0) is 32.9 Å². The zero-order valence-electron chi connectivity index (χ0n) is 13.8. The van der Waals surface area contributed by atoms with Crippen molar-refractivity contribution >= 4 is 23.7 Å². The van der Waals surface area contributed by atoms with Gasteiger partial charge in [-0.15, -0.1) is 0 Å². The van der Waals surface area contributed by atoms with Gasteiger partial charge in [0.15, 0.2) is 0 Å². The van der Waals surface area contributed by atoms with Crippen LogP contribution in [0.3, 0.4) is 0 Å². The first kappa shape index (κ1) is 19.3. The average molecular weight is 338 g/mol. The number of para-hydroxylation sites is 1. The number of amides is 1. The molecule has 0 aliphatic heterocycles. The van der Waals surface area contributed by atoms with Crippen LogP contribution in [-0.2, 0) is 14.3 Å². The summed E-state index contributed by atoms with van der Waals surface area (Å²) in [5.74, 6) is -2.60. The number of hydrogen-bond acceptors (Lipinski definition) is 5. The van der Waals surface area contributed by atoms with Gasteiger partial charge in [-0.1, -0.05) is 18.2 Å². The molecule has 0 aliphatic rings. The summed E-state index contributed by atoms with van der Waals surface area (Å²) in [6, 6.07) is 8.32. The SMILES string of the molecule is CC(C)(C)OC(=O)N[C@](CCC(=O)O)(Nc1ccccc1)C(=O)O. The molecule has 0 saturated heterocycles. The van der Waals surface area contributed by atoms with E-state index in [1.165, 1.54) is 0 Å². The second-order valence-electron chi connectivity index (χ2n) is 6.22. The normalized spacial score (nSPS) is 13.5. The van der Waals surface area contributed by atoms with Gasteiger partial charge in [-0.3, -0.25) is 10.1 Å². The lowest BCUT2D eigenvalue weighted by Crippen LogP contribution is -2.61. The minimum atomic E-state index is -2.01. The van der Waals surface area contributed by atoms with Gasteiger partial charge < -0.3 is 20.3 Å². The largest absolute Gasteiger partial charge is 0.481 e. The number of nitrogens with one attached hydrogen (secondary N) is 2. The highest BCUT2D eigenvalue weighted by Gasteiger charge is 2.41. The molecular formula is C16H22N2O6. The second-order valence-corrected chi connectivity index (χ2v) is 6.22. The van der Waals surface area contributed by atoms with Gasteiger partial charge in [0.05, 0.1) is 0 Å². The molecule has 0 heterocycles. The fourth-order valence-corrected chi connectivity index (χ4v) is 1.91. The van der Waals surface area contributed by atoms with Crippen LogP contribution in [0.15, 0.2) is 30.3 Å². The van der Waals surface area contributed by atoms with Crippen molar-refractivity contribution in [2.24, 2.45) is 0 Å². The van der Waals surface area contributed by atoms with Gasteiger partial charge in [0.1, 0.15) is 5.60 Å². The topological polar surface area (TPSA) is 125 Å². The fraction of sp³-hybridized carbons (Fsp3) is 0.438. The van der Waals surface area contributed by atoms with Crippen LogP contribution in [0.4, 0.5) is 10.5 Å². The maximum atomic E-state index is 12.0. The number of hydrogen-bond donors (Lipinski definition) is 4. The molecule has 8 heteroatoms. The van der Waals surface area contributed by atoms with Gasteiger partial charge in [0, 0.05) is 18.5 Å². The number of anilines is 1. The molecule has 0 aromatic heterocycles. The van der Waals surface area contributed by atoms with Crippen molar-refractivity contribution in [3.8, 4) is 0 Å². The first-order chi connectivity index (χ1) is 11.0. The first-order valence-electron chi connectivity index (χ1n) is 7.34. The number of benzene rings is 1. The Morgan fingerprint density at radius 3 is 2.12 bits per heavy atom. The molecule has 0 bridgehead atoms. The van der Waals surface area contributed by atoms with Crippen molar-refractivity contribution in [2.75, 3.05) is 5.32 Å². The molecule has 0 fully saturated rings. The number of alkyl carbamates (subject to hydrolysis) is 1. The molecule has 0 radical (unpaired) electrons. The van der Waals surface area contributed by atoms with E-state index < -0.39 is 35.7 Å². The van der Waals surface area contributed by atoms with E-state index in [1.807, 2.05) is 0 Å². The molecule has 1 aromatic carbocycles. The van der Waals surface area contributed by atoms with E-state index in [9.17, 15) is 19.5 Å². The summed E-state index contributed by atoms with van der Waals surface area (Å²) in [7, 11) is 0. The average Bonchev–Trinajstić information content (AvgIpc) is 2.43. The third-order valence-electron chi connectivity index (χ3n) is 2.92. The Labute approximate surface area is 139 Å². The zero-order chi connectivity index (χ0) is 18.4. The Balaban J connectivity index is 3.08. The maximum absolute atomic E-state index is 12.0. The predicted molar refractivity (Wildman–Crippen MR) is 86.7 cm³/mol. The highest BCUT2D eigenvalue weighted by molar-refractivity contribution is 5.87. The smallest absolute Gasteiger partial charge is 0.409 e. The van der Waals surface area contributed by atoms with E-state index in [0.717, 1.165) is 0 Å². The third kappa shape index (κ3) is 6.15. The summed E-state index contributed by atoms with van der Waals surface area (Å²) in [6.07, 6.45) is -1.79. The molecule has 1 amide bonds. The summed E-state index contributed by atoms with van der Waals surface area (Å²) in [4.78, 5) is 34.7.